The normalized spacial score (nSPS) is 15.0. The summed E-state index contributed by atoms with van der Waals surface area (Å²) in [6.07, 6.45) is -1.48. The highest BCUT2D eigenvalue weighted by molar-refractivity contribution is 6.10. The molecular formula is C45H48N2O. The van der Waals surface area contributed by atoms with Crippen LogP contribution in [0.2, 0.25) is 0 Å². The van der Waals surface area contributed by atoms with Gasteiger partial charge in [0.2, 0.25) is 0 Å². The lowest BCUT2D eigenvalue weighted by molar-refractivity contribution is 0.411. The van der Waals surface area contributed by atoms with Gasteiger partial charge in [0, 0.05) is 17.6 Å². The molecule has 0 amide bonds. The Labute approximate surface area is 292 Å². The average molecular weight is 638 g/mol. The third kappa shape index (κ3) is 5.74. The molecule has 3 heteroatoms. The molecule has 5 aromatic carbocycles. The molecule has 0 spiro atoms. The topological polar surface area (TPSA) is 31.0 Å². The van der Waals surface area contributed by atoms with Crippen LogP contribution in [0, 0.1) is 5.41 Å². The average Bonchev–Trinajstić information content (AvgIpc) is 3.64. The SMILES string of the molecule is [2H]C(C)(C)c1cc(C([2H])(C)C)c(-n2c(-c3cccc4c3oc3cc(-c5ccc(C([2H])([2H])C(C)(C)C)cc5)ccc34)nc3ccccc32)c(C([2H])(C)C)c1. The molecule has 0 fully saturated rings. The van der Waals surface area contributed by atoms with Crippen molar-refractivity contribution in [2.75, 3.05) is 0 Å². The molecule has 2 heterocycles. The fourth-order valence-corrected chi connectivity index (χ4v) is 6.69. The Morgan fingerprint density at radius 3 is 2.04 bits per heavy atom. The van der Waals surface area contributed by atoms with Gasteiger partial charge in [0.15, 0.2) is 0 Å². The first kappa shape index (κ1) is 26.3. The second kappa shape index (κ2) is 12.1. The fraction of sp³-hybridized carbons (Fsp3) is 0.311. The molecule has 7 aromatic rings. The number of imidazole rings is 1. The van der Waals surface area contributed by atoms with Gasteiger partial charge in [-0.15, -0.1) is 0 Å². The van der Waals surface area contributed by atoms with E-state index in [1.54, 1.807) is 0 Å². The van der Waals surface area contributed by atoms with Gasteiger partial charge in [0.1, 0.15) is 17.0 Å². The molecule has 0 radical (unpaired) electrons. The quantitative estimate of drug-likeness (QED) is 0.174. The highest BCUT2D eigenvalue weighted by Crippen LogP contribution is 2.42. The maximum atomic E-state index is 9.37. The van der Waals surface area contributed by atoms with Crippen molar-refractivity contribution in [2.24, 2.45) is 5.41 Å². The Balaban J connectivity index is 1.46. The third-order valence-electron chi connectivity index (χ3n) is 9.03. The van der Waals surface area contributed by atoms with Crippen LogP contribution in [0.15, 0.2) is 101 Å². The number of furan rings is 1. The summed E-state index contributed by atoms with van der Waals surface area (Å²) in [6.45, 7) is 16.9. The van der Waals surface area contributed by atoms with E-state index < -0.39 is 29.5 Å². The van der Waals surface area contributed by atoms with Crippen LogP contribution in [0.4, 0.5) is 0 Å². The van der Waals surface area contributed by atoms with E-state index in [9.17, 15) is 2.74 Å². The van der Waals surface area contributed by atoms with Crippen molar-refractivity contribution in [1.82, 2.24) is 9.55 Å². The molecule has 3 nitrogen and oxygen atoms in total. The summed E-state index contributed by atoms with van der Waals surface area (Å²) in [5.41, 5.74) is 8.82. The lowest BCUT2D eigenvalue weighted by Gasteiger charge is -2.25. The number of benzene rings is 5. The highest BCUT2D eigenvalue weighted by Gasteiger charge is 2.25. The van der Waals surface area contributed by atoms with Crippen molar-refractivity contribution in [3.63, 3.8) is 0 Å². The molecule has 2 aromatic heterocycles. The number of hydrogen-bond donors (Lipinski definition) is 0. The summed E-state index contributed by atoms with van der Waals surface area (Å²) >= 11 is 0. The number of para-hydroxylation sites is 3. The number of aromatic nitrogens is 2. The Bertz CT molecular complexity index is 2480. The van der Waals surface area contributed by atoms with Gasteiger partial charge in [0.25, 0.3) is 0 Å². The minimum absolute atomic E-state index is 0.541. The third-order valence-corrected chi connectivity index (χ3v) is 9.03. The van der Waals surface area contributed by atoms with E-state index in [2.05, 4.69) is 22.8 Å². The van der Waals surface area contributed by atoms with Crippen molar-refractivity contribution >= 4 is 33.0 Å². The van der Waals surface area contributed by atoms with Crippen molar-refractivity contribution in [2.45, 2.75) is 86.4 Å². The van der Waals surface area contributed by atoms with Crippen LogP contribution < -0.4 is 0 Å². The van der Waals surface area contributed by atoms with Crippen LogP contribution in [0.5, 0.6) is 0 Å². The second-order valence-corrected chi connectivity index (χ2v) is 14.6. The van der Waals surface area contributed by atoms with E-state index in [1.807, 2.05) is 141 Å². The molecule has 0 unspecified atom stereocenters. The van der Waals surface area contributed by atoms with Crippen molar-refractivity contribution < 1.29 is 11.3 Å². The predicted octanol–water partition coefficient (Wildman–Crippen LogP) is 13.2. The summed E-state index contributed by atoms with van der Waals surface area (Å²) < 4.78 is 53.9. The van der Waals surface area contributed by atoms with Crippen molar-refractivity contribution in [1.29, 1.82) is 0 Å². The molecule has 0 aliphatic rings. The smallest absolute Gasteiger partial charge is 0.149 e. The zero-order valence-electron chi connectivity index (χ0n) is 34.5. The van der Waals surface area contributed by atoms with Gasteiger partial charge in [-0.25, -0.2) is 4.98 Å². The summed E-state index contributed by atoms with van der Waals surface area (Å²) in [7, 11) is 0. The van der Waals surface area contributed by atoms with Crippen LogP contribution in [-0.2, 0) is 6.37 Å². The van der Waals surface area contributed by atoms with Crippen LogP contribution in [0.1, 0.15) is 109 Å². The van der Waals surface area contributed by atoms with Crippen LogP contribution in [-0.4, -0.2) is 9.55 Å². The molecule has 0 aliphatic carbocycles. The van der Waals surface area contributed by atoms with Gasteiger partial charge < -0.3 is 4.42 Å². The van der Waals surface area contributed by atoms with Gasteiger partial charge in [0.05, 0.1) is 22.3 Å². The van der Waals surface area contributed by atoms with Gasteiger partial charge >= 0.3 is 0 Å². The molecule has 48 heavy (non-hydrogen) atoms. The molecule has 0 N–H and O–H groups in total. The molecule has 0 bridgehead atoms. The Hall–Kier alpha value is -4.63. The zero-order valence-corrected chi connectivity index (χ0v) is 29.5. The molecule has 0 atom stereocenters. The zero-order chi connectivity index (χ0) is 38.5. The van der Waals surface area contributed by atoms with E-state index in [1.165, 1.54) is 0 Å². The lowest BCUT2D eigenvalue weighted by Crippen LogP contribution is -2.10. The van der Waals surface area contributed by atoms with E-state index in [4.69, 9.17) is 13.5 Å². The number of rotatable bonds is 7. The molecule has 0 saturated carbocycles. The molecule has 244 valence electrons. The maximum absolute atomic E-state index is 9.37. The summed E-state index contributed by atoms with van der Waals surface area (Å²) in [4.78, 5) is 5.22. The fourth-order valence-electron chi connectivity index (χ4n) is 6.69. The Morgan fingerprint density at radius 2 is 1.40 bits per heavy atom. The predicted molar refractivity (Wildman–Crippen MR) is 205 cm³/mol. The minimum atomic E-state index is -1.48. The van der Waals surface area contributed by atoms with Gasteiger partial charge in [-0.1, -0.05) is 129 Å². The van der Waals surface area contributed by atoms with E-state index >= 15 is 0 Å². The number of hydrogen-bond acceptors (Lipinski definition) is 2. The van der Waals surface area contributed by atoms with Crippen molar-refractivity contribution in [3.05, 3.63) is 119 Å². The Morgan fingerprint density at radius 1 is 0.729 bits per heavy atom. The van der Waals surface area contributed by atoms with E-state index in [-0.39, 0.29) is 0 Å². The largest absolute Gasteiger partial charge is 0.455 e. The minimum Gasteiger partial charge on any atom is -0.455 e. The molecule has 7 rings (SSSR count). The van der Waals surface area contributed by atoms with E-state index in [0.717, 1.165) is 66.5 Å². The monoisotopic (exact) mass is 637 g/mol. The molecular weight excluding hydrogens is 585 g/mol. The van der Waals surface area contributed by atoms with Gasteiger partial charge in [-0.3, -0.25) is 4.57 Å². The Kier molecular flexibility index (Phi) is 6.65. The van der Waals surface area contributed by atoms with Gasteiger partial charge in [-0.2, -0.15) is 0 Å². The summed E-state index contributed by atoms with van der Waals surface area (Å²) in [5.74, 6) is -2.41. The number of fused-ring (bicyclic) bond motifs is 4. The molecule has 0 saturated heterocycles. The lowest BCUT2D eigenvalue weighted by atomic mass is 9.87. The summed E-state index contributed by atoms with van der Waals surface area (Å²) in [5, 5.41) is 1.92. The molecule has 0 aliphatic heterocycles. The first-order chi connectivity index (χ1) is 24.6. The first-order valence-corrected chi connectivity index (χ1v) is 16.8. The second-order valence-electron chi connectivity index (χ2n) is 14.6. The van der Waals surface area contributed by atoms with Gasteiger partial charge in [-0.05, 0) is 93.2 Å². The van der Waals surface area contributed by atoms with Crippen LogP contribution in [0.25, 0.3) is 61.2 Å². The summed E-state index contributed by atoms with van der Waals surface area (Å²) in [6, 6.07) is 31.9. The standard InChI is InChI=1S/C45H48N2O/c1-27(2)33-23-37(28(3)4)42(38(24-33)29(5)6)47-40-16-11-10-15-39(40)46-44(47)36-14-12-13-35-34-22-21-32(25-41(34)48-43(35)36)31-19-17-30(18-20-31)26-45(7,8)9/h10-25,27-29H,26H2,1-9H3/i26D2,27D,28D,29D. The van der Waals surface area contributed by atoms with Crippen LogP contribution in [0.3, 0.4) is 0 Å². The van der Waals surface area contributed by atoms with Crippen LogP contribution >= 0.6 is 0 Å². The maximum Gasteiger partial charge on any atom is 0.149 e. The highest BCUT2D eigenvalue weighted by atomic mass is 16.3. The van der Waals surface area contributed by atoms with Crippen molar-refractivity contribution in [3.8, 4) is 28.2 Å². The van der Waals surface area contributed by atoms with E-state index in [0.29, 0.717) is 17.0 Å². The first-order valence-electron chi connectivity index (χ1n) is 19.3. The number of nitrogens with zero attached hydrogens (tertiary/aromatic N) is 2.